The average molecular weight is 479 g/mol. The first-order chi connectivity index (χ1) is 17.0. The molecule has 1 aliphatic rings. The Morgan fingerprint density at radius 1 is 1.09 bits per heavy atom. The number of benzene rings is 2. The molecule has 2 aromatic carbocycles. The number of ether oxygens (including phenoxy) is 3. The number of allylic oxidation sites excluding steroid dienone is 1. The minimum absolute atomic E-state index is 0.167. The lowest BCUT2D eigenvalue weighted by molar-refractivity contribution is -0.0687. The van der Waals surface area contributed by atoms with E-state index in [-0.39, 0.29) is 17.3 Å². The van der Waals surface area contributed by atoms with Gasteiger partial charge in [-0.1, -0.05) is 19.9 Å². The highest BCUT2D eigenvalue weighted by Crippen LogP contribution is 2.42. The highest BCUT2D eigenvalue weighted by Gasteiger charge is 2.32. The molecular formula is C27H30N2O6. The SMILES string of the molecule is C=CCC(CC)(CC)c1cc(-c2nnc(-c3ccc(C(=O)O)cc3)o2)ccc1OCC1OCCO1. The Kier molecular flexibility index (Phi) is 7.63. The Balaban J connectivity index is 1.67. The van der Waals surface area contributed by atoms with Crippen LogP contribution in [-0.2, 0) is 14.9 Å². The van der Waals surface area contributed by atoms with Gasteiger partial charge in [-0.3, -0.25) is 0 Å². The van der Waals surface area contributed by atoms with Crippen LogP contribution >= 0.6 is 0 Å². The van der Waals surface area contributed by atoms with E-state index in [0.29, 0.717) is 37.2 Å². The monoisotopic (exact) mass is 478 g/mol. The lowest BCUT2D eigenvalue weighted by Gasteiger charge is -2.33. The molecule has 184 valence electrons. The average Bonchev–Trinajstić information content (AvgIpc) is 3.59. The van der Waals surface area contributed by atoms with Crippen LogP contribution in [0.5, 0.6) is 5.75 Å². The Bertz CT molecular complexity index is 1160. The molecule has 1 fully saturated rings. The maximum atomic E-state index is 11.1. The van der Waals surface area contributed by atoms with Crippen LogP contribution in [0.2, 0.25) is 0 Å². The summed E-state index contributed by atoms with van der Waals surface area (Å²) in [6.45, 7) is 9.76. The van der Waals surface area contributed by atoms with Gasteiger partial charge in [-0.05, 0) is 61.7 Å². The maximum Gasteiger partial charge on any atom is 0.335 e. The number of aromatic carboxylic acids is 1. The number of nitrogens with zero attached hydrogens (tertiary/aromatic N) is 2. The predicted octanol–water partition coefficient (Wildman–Crippen LogP) is 5.49. The van der Waals surface area contributed by atoms with Crippen molar-refractivity contribution in [2.24, 2.45) is 0 Å². The van der Waals surface area contributed by atoms with Crippen molar-refractivity contribution >= 4 is 5.97 Å². The van der Waals surface area contributed by atoms with Crippen molar-refractivity contribution in [3.8, 4) is 28.7 Å². The first-order valence-electron chi connectivity index (χ1n) is 11.8. The molecule has 4 rings (SSSR count). The van der Waals surface area contributed by atoms with Crippen molar-refractivity contribution < 1.29 is 28.5 Å². The van der Waals surface area contributed by atoms with Gasteiger partial charge in [0.25, 0.3) is 0 Å². The zero-order valence-electron chi connectivity index (χ0n) is 20.0. The summed E-state index contributed by atoms with van der Waals surface area (Å²) in [5.74, 6) is 0.468. The zero-order valence-corrected chi connectivity index (χ0v) is 20.0. The van der Waals surface area contributed by atoms with E-state index < -0.39 is 5.97 Å². The van der Waals surface area contributed by atoms with E-state index in [9.17, 15) is 4.79 Å². The van der Waals surface area contributed by atoms with E-state index in [1.54, 1.807) is 12.1 Å². The summed E-state index contributed by atoms with van der Waals surface area (Å²) < 4.78 is 23.2. The Morgan fingerprint density at radius 2 is 1.71 bits per heavy atom. The van der Waals surface area contributed by atoms with Crippen LogP contribution in [-0.4, -0.2) is 47.4 Å². The molecule has 0 radical (unpaired) electrons. The molecule has 0 spiro atoms. The molecule has 8 nitrogen and oxygen atoms in total. The van der Waals surface area contributed by atoms with Gasteiger partial charge in [0.2, 0.25) is 11.8 Å². The fourth-order valence-corrected chi connectivity index (χ4v) is 4.38. The van der Waals surface area contributed by atoms with Crippen molar-refractivity contribution in [3.63, 3.8) is 0 Å². The summed E-state index contributed by atoms with van der Waals surface area (Å²) in [5.41, 5.74) is 2.49. The molecule has 8 heteroatoms. The predicted molar refractivity (Wildman–Crippen MR) is 130 cm³/mol. The topological polar surface area (TPSA) is 104 Å². The summed E-state index contributed by atoms with van der Waals surface area (Å²) >= 11 is 0. The number of aromatic nitrogens is 2. The zero-order chi connectivity index (χ0) is 24.8. The van der Waals surface area contributed by atoms with Gasteiger partial charge in [0.05, 0.1) is 18.8 Å². The molecule has 1 aromatic heterocycles. The molecule has 0 unspecified atom stereocenters. The molecule has 1 aliphatic heterocycles. The number of hydrogen-bond donors (Lipinski definition) is 1. The van der Waals surface area contributed by atoms with E-state index in [2.05, 4.69) is 30.6 Å². The lowest BCUT2D eigenvalue weighted by Crippen LogP contribution is -2.26. The van der Waals surface area contributed by atoms with E-state index in [4.69, 9.17) is 23.7 Å². The van der Waals surface area contributed by atoms with Gasteiger partial charge < -0.3 is 23.7 Å². The number of carboxylic acids is 1. The van der Waals surface area contributed by atoms with Crippen LogP contribution in [0.1, 0.15) is 49.0 Å². The van der Waals surface area contributed by atoms with Crippen molar-refractivity contribution in [1.82, 2.24) is 10.2 Å². The number of carboxylic acid groups (broad SMARTS) is 1. The Hall–Kier alpha value is -3.49. The van der Waals surface area contributed by atoms with E-state index in [1.807, 2.05) is 24.3 Å². The summed E-state index contributed by atoms with van der Waals surface area (Å²) in [6, 6.07) is 12.2. The Morgan fingerprint density at radius 3 is 2.31 bits per heavy atom. The third kappa shape index (κ3) is 5.28. The van der Waals surface area contributed by atoms with Crippen molar-refractivity contribution in [2.75, 3.05) is 19.8 Å². The van der Waals surface area contributed by atoms with E-state index in [1.165, 1.54) is 12.1 Å². The fourth-order valence-electron chi connectivity index (χ4n) is 4.38. The standard InChI is InChI=1S/C27H30N2O6/c1-4-13-27(5-2,6-3)21-16-20(11-12-22(21)34-17-23-32-14-15-33-23)25-29-28-24(35-25)18-7-9-19(10-8-18)26(30)31/h4,7-12,16,23H,1,5-6,13-15,17H2,2-3H3,(H,30,31). The summed E-state index contributed by atoms with van der Waals surface area (Å²) in [4.78, 5) is 11.1. The van der Waals surface area contributed by atoms with Gasteiger partial charge in [-0.15, -0.1) is 16.8 Å². The summed E-state index contributed by atoms with van der Waals surface area (Å²) in [5, 5.41) is 17.5. The molecule has 3 aromatic rings. The van der Waals surface area contributed by atoms with Crippen LogP contribution in [0.4, 0.5) is 0 Å². The summed E-state index contributed by atoms with van der Waals surface area (Å²) in [7, 11) is 0. The highest BCUT2D eigenvalue weighted by molar-refractivity contribution is 5.88. The van der Waals surface area contributed by atoms with Gasteiger partial charge in [0.1, 0.15) is 12.4 Å². The van der Waals surface area contributed by atoms with Crippen LogP contribution in [0, 0.1) is 0 Å². The van der Waals surface area contributed by atoms with Crippen molar-refractivity contribution in [1.29, 1.82) is 0 Å². The number of carbonyl (C=O) groups is 1. The molecule has 2 heterocycles. The van der Waals surface area contributed by atoms with E-state index >= 15 is 0 Å². The van der Waals surface area contributed by atoms with Crippen molar-refractivity contribution in [3.05, 3.63) is 66.2 Å². The van der Waals surface area contributed by atoms with Gasteiger partial charge in [0, 0.05) is 22.1 Å². The molecule has 0 amide bonds. The quantitative estimate of drug-likeness (QED) is 0.361. The molecule has 0 aliphatic carbocycles. The molecule has 0 atom stereocenters. The van der Waals surface area contributed by atoms with Crippen LogP contribution in [0.3, 0.4) is 0 Å². The normalized spacial score (nSPS) is 14.2. The third-order valence-corrected chi connectivity index (χ3v) is 6.56. The molecular weight excluding hydrogens is 448 g/mol. The second-order valence-electron chi connectivity index (χ2n) is 8.47. The molecule has 0 saturated carbocycles. The number of hydrogen-bond acceptors (Lipinski definition) is 7. The van der Waals surface area contributed by atoms with Gasteiger partial charge in [-0.2, -0.15) is 0 Å². The molecule has 35 heavy (non-hydrogen) atoms. The molecule has 1 N–H and O–H groups in total. The van der Waals surface area contributed by atoms with Gasteiger partial charge >= 0.3 is 5.97 Å². The third-order valence-electron chi connectivity index (χ3n) is 6.56. The first-order valence-corrected chi connectivity index (χ1v) is 11.8. The fraction of sp³-hybridized carbons (Fsp3) is 0.370. The van der Waals surface area contributed by atoms with Gasteiger partial charge in [-0.25, -0.2) is 4.79 Å². The summed E-state index contributed by atoms with van der Waals surface area (Å²) in [6.07, 6.45) is 4.16. The maximum absolute atomic E-state index is 11.1. The lowest BCUT2D eigenvalue weighted by atomic mass is 9.72. The largest absolute Gasteiger partial charge is 0.488 e. The molecule has 0 bridgehead atoms. The van der Waals surface area contributed by atoms with Crippen LogP contribution < -0.4 is 4.74 Å². The molecule has 1 saturated heterocycles. The van der Waals surface area contributed by atoms with Crippen LogP contribution in [0.25, 0.3) is 22.9 Å². The highest BCUT2D eigenvalue weighted by atomic mass is 16.7. The van der Waals surface area contributed by atoms with Gasteiger partial charge in [0.15, 0.2) is 6.29 Å². The Labute approximate surface area is 204 Å². The minimum atomic E-state index is -0.987. The minimum Gasteiger partial charge on any atom is -0.488 e. The smallest absolute Gasteiger partial charge is 0.335 e. The van der Waals surface area contributed by atoms with Crippen molar-refractivity contribution in [2.45, 2.75) is 44.8 Å². The van der Waals surface area contributed by atoms with Crippen LogP contribution in [0.15, 0.2) is 59.5 Å². The van der Waals surface area contributed by atoms with E-state index in [0.717, 1.165) is 36.1 Å². The number of rotatable bonds is 11. The second kappa shape index (κ2) is 10.8. The second-order valence-corrected chi connectivity index (χ2v) is 8.47. The first kappa shape index (κ1) is 24.6.